The first-order chi connectivity index (χ1) is 6.27. The Kier molecular flexibility index (Phi) is 3.17. The van der Waals surface area contributed by atoms with Crippen molar-refractivity contribution in [3.63, 3.8) is 0 Å². The zero-order valence-electron chi connectivity index (χ0n) is 8.11. The molecule has 1 aliphatic carbocycles. The molecule has 0 spiro atoms. The summed E-state index contributed by atoms with van der Waals surface area (Å²) in [4.78, 5) is 0. The first-order valence-corrected chi connectivity index (χ1v) is 6.17. The minimum atomic E-state index is -0.0576. The van der Waals surface area contributed by atoms with Crippen LogP contribution in [0.4, 0.5) is 0 Å². The Hall–Kier alpha value is 0.270. The van der Waals surface area contributed by atoms with Gasteiger partial charge >= 0.3 is 0 Å². The summed E-state index contributed by atoms with van der Waals surface area (Å²) in [7, 11) is 0. The second kappa shape index (κ2) is 4.20. The first kappa shape index (κ1) is 9.81. The summed E-state index contributed by atoms with van der Waals surface area (Å²) in [5.41, 5.74) is 0. The first-order valence-electron chi connectivity index (χ1n) is 5.22. The second-order valence-corrected chi connectivity index (χ2v) is 5.56. The van der Waals surface area contributed by atoms with E-state index in [1.54, 1.807) is 0 Å². The van der Waals surface area contributed by atoms with Crippen LogP contribution in [0.5, 0.6) is 0 Å². The molecule has 1 saturated heterocycles. The van der Waals surface area contributed by atoms with Crippen LogP contribution in [0.15, 0.2) is 0 Å². The van der Waals surface area contributed by atoms with Crippen LogP contribution < -0.4 is 0 Å². The lowest BCUT2D eigenvalue weighted by Gasteiger charge is -2.20. The smallest absolute Gasteiger partial charge is 0.0666 e. The molecule has 0 bridgehead atoms. The van der Waals surface area contributed by atoms with Gasteiger partial charge in [0.2, 0.25) is 0 Å². The van der Waals surface area contributed by atoms with E-state index in [-0.39, 0.29) is 6.10 Å². The van der Waals surface area contributed by atoms with E-state index in [2.05, 4.69) is 6.92 Å². The second-order valence-electron chi connectivity index (χ2n) is 4.08. The fourth-order valence-corrected chi connectivity index (χ4v) is 3.78. The molecule has 4 atom stereocenters. The van der Waals surface area contributed by atoms with Crippen LogP contribution in [0.1, 0.15) is 32.6 Å². The van der Waals surface area contributed by atoms with Crippen molar-refractivity contribution >= 4 is 11.8 Å². The highest BCUT2D eigenvalue weighted by Gasteiger charge is 2.32. The Balaban J connectivity index is 1.82. The Morgan fingerprint density at radius 3 is 2.62 bits per heavy atom. The van der Waals surface area contributed by atoms with Gasteiger partial charge in [-0.25, -0.2) is 0 Å². The van der Waals surface area contributed by atoms with Crippen LogP contribution in [-0.4, -0.2) is 34.4 Å². The van der Waals surface area contributed by atoms with Gasteiger partial charge in [0.25, 0.3) is 0 Å². The molecule has 2 nitrogen and oxygen atoms in total. The molecule has 0 radical (unpaired) electrons. The Morgan fingerprint density at radius 2 is 2.08 bits per heavy atom. The minimum absolute atomic E-state index is 0.0576. The van der Waals surface area contributed by atoms with E-state index in [0.717, 1.165) is 19.4 Å². The van der Waals surface area contributed by atoms with Gasteiger partial charge in [-0.3, -0.25) is 0 Å². The van der Waals surface area contributed by atoms with Crippen LogP contribution in [0.3, 0.4) is 0 Å². The maximum absolute atomic E-state index is 9.67. The molecular formula is C10H18O2S. The van der Waals surface area contributed by atoms with E-state index < -0.39 is 0 Å². The van der Waals surface area contributed by atoms with Crippen molar-refractivity contribution in [1.82, 2.24) is 0 Å². The predicted molar refractivity (Wildman–Crippen MR) is 55.1 cm³/mol. The van der Waals surface area contributed by atoms with Crippen LogP contribution in [0.25, 0.3) is 0 Å². The topological polar surface area (TPSA) is 29.5 Å². The van der Waals surface area contributed by atoms with Gasteiger partial charge < -0.3 is 9.84 Å². The van der Waals surface area contributed by atoms with E-state index in [1.807, 2.05) is 11.8 Å². The maximum Gasteiger partial charge on any atom is 0.0666 e. The van der Waals surface area contributed by atoms with E-state index in [0.29, 0.717) is 16.6 Å². The lowest BCUT2D eigenvalue weighted by molar-refractivity contribution is 0.127. The SMILES string of the molecule is CC1OCCC1S[C@H]1CCC[C@@H]1O. The molecular weight excluding hydrogens is 184 g/mol. The van der Waals surface area contributed by atoms with Crippen molar-refractivity contribution in [2.24, 2.45) is 0 Å². The van der Waals surface area contributed by atoms with Gasteiger partial charge in [0.15, 0.2) is 0 Å². The Morgan fingerprint density at radius 1 is 1.23 bits per heavy atom. The van der Waals surface area contributed by atoms with Gasteiger partial charge in [-0.05, 0) is 32.6 Å². The average molecular weight is 202 g/mol. The maximum atomic E-state index is 9.67. The third kappa shape index (κ3) is 2.20. The Labute approximate surface area is 84.0 Å². The van der Waals surface area contributed by atoms with Gasteiger partial charge in [0.05, 0.1) is 12.2 Å². The predicted octanol–water partition coefficient (Wildman–Crippen LogP) is 1.81. The number of thioether (sulfide) groups is 1. The van der Waals surface area contributed by atoms with E-state index >= 15 is 0 Å². The Bertz CT molecular complexity index is 156. The molecule has 3 heteroatoms. The lowest BCUT2D eigenvalue weighted by Crippen LogP contribution is -2.22. The van der Waals surface area contributed by atoms with Crippen molar-refractivity contribution in [2.75, 3.05) is 6.61 Å². The molecule has 2 unspecified atom stereocenters. The van der Waals surface area contributed by atoms with Gasteiger partial charge in [-0.15, -0.1) is 11.8 Å². The monoisotopic (exact) mass is 202 g/mol. The molecule has 2 rings (SSSR count). The number of ether oxygens (including phenoxy) is 1. The normalized spacial score (nSPS) is 45.7. The molecule has 2 aliphatic rings. The summed E-state index contributed by atoms with van der Waals surface area (Å²) in [6, 6.07) is 0. The number of aliphatic hydroxyl groups is 1. The van der Waals surface area contributed by atoms with Gasteiger partial charge in [-0.2, -0.15) is 0 Å². The summed E-state index contributed by atoms with van der Waals surface area (Å²) in [5.74, 6) is 0. The highest BCUT2D eigenvalue weighted by atomic mass is 32.2. The van der Waals surface area contributed by atoms with Crippen LogP contribution in [0.2, 0.25) is 0 Å². The average Bonchev–Trinajstić information content (AvgIpc) is 2.65. The molecule has 0 aromatic rings. The third-order valence-electron chi connectivity index (χ3n) is 3.07. The summed E-state index contributed by atoms with van der Waals surface area (Å²) in [6.45, 7) is 3.05. The van der Waals surface area contributed by atoms with Crippen molar-refractivity contribution in [2.45, 2.75) is 55.3 Å². The largest absolute Gasteiger partial charge is 0.392 e. The van der Waals surface area contributed by atoms with E-state index in [9.17, 15) is 5.11 Å². The standard InChI is InChI=1S/C10H18O2S/c1-7-9(5-6-12-7)13-10-4-2-3-8(10)11/h7-11H,2-6H2,1H3/t7?,8-,9?,10-/m0/s1. The van der Waals surface area contributed by atoms with Crippen LogP contribution in [-0.2, 0) is 4.74 Å². The third-order valence-corrected chi connectivity index (χ3v) is 4.94. The summed E-state index contributed by atoms with van der Waals surface area (Å²) in [5, 5.41) is 10.8. The zero-order valence-corrected chi connectivity index (χ0v) is 8.93. The minimum Gasteiger partial charge on any atom is -0.392 e. The fourth-order valence-electron chi connectivity index (χ4n) is 2.18. The molecule has 76 valence electrons. The molecule has 13 heavy (non-hydrogen) atoms. The molecule has 0 aromatic carbocycles. The highest BCUT2D eigenvalue weighted by Crippen LogP contribution is 2.37. The van der Waals surface area contributed by atoms with Gasteiger partial charge in [0.1, 0.15) is 0 Å². The summed E-state index contributed by atoms with van der Waals surface area (Å²) < 4.78 is 5.51. The van der Waals surface area contributed by atoms with Gasteiger partial charge in [-0.1, -0.05) is 0 Å². The number of aliphatic hydroxyl groups excluding tert-OH is 1. The quantitative estimate of drug-likeness (QED) is 0.740. The molecule has 1 saturated carbocycles. The highest BCUT2D eigenvalue weighted by molar-refractivity contribution is 8.00. The number of rotatable bonds is 2. The molecule has 1 heterocycles. The number of hydrogen-bond acceptors (Lipinski definition) is 3. The molecule has 1 aliphatic heterocycles. The van der Waals surface area contributed by atoms with E-state index in [4.69, 9.17) is 4.74 Å². The summed E-state index contributed by atoms with van der Waals surface area (Å²) >= 11 is 1.96. The zero-order chi connectivity index (χ0) is 9.26. The molecule has 2 fully saturated rings. The summed E-state index contributed by atoms with van der Waals surface area (Å²) in [6.07, 6.45) is 4.88. The fraction of sp³-hybridized carbons (Fsp3) is 1.00. The van der Waals surface area contributed by atoms with Crippen molar-refractivity contribution < 1.29 is 9.84 Å². The van der Waals surface area contributed by atoms with Gasteiger partial charge in [0, 0.05) is 17.1 Å². The van der Waals surface area contributed by atoms with E-state index in [1.165, 1.54) is 12.8 Å². The number of hydrogen-bond donors (Lipinski definition) is 1. The van der Waals surface area contributed by atoms with Crippen LogP contribution in [0, 0.1) is 0 Å². The molecule has 0 amide bonds. The molecule has 0 aromatic heterocycles. The van der Waals surface area contributed by atoms with Crippen molar-refractivity contribution in [3.8, 4) is 0 Å². The van der Waals surface area contributed by atoms with Crippen LogP contribution >= 0.6 is 11.8 Å². The molecule has 1 N–H and O–H groups in total. The van der Waals surface area contributed by atoms with Crippen molar-refractivity contribution in [1.29, 1.82) is 0 Å². The lowest BCUT2D eigenvalue weighted by atomic mass is 10.2. The van der Waals surface area contributed by atoms with Crippen molar-refractivity contribution in [3.05, 3.63) is 0 Å².